The minimum atomic E-state index is -1.14. The molecule has 7 nitrogen and oxygen atoms in total. The Labute approximate surface area is 185 Å². The summed E-state index contributed by atoms with van der Waals surface area (Å²) in [6, 6.07) is 20.0. The third-order valence-electron chi connectivity index (χ3n) is 6.19. The summed E-state index contributed by atoms with van der Waals surface area (Å²) in [7, 11) is 0. The van der Waals surface area contributed by atoms with Gasteiger partial charge in [0.1, 0.15) is 5.54 Å². The van der Waals surface area contributed by atoms with E-state index in [0.29, 0.717) is 5.69 Å². The van der Waals surface area contributed by atoms with Crippen LogP contribution in [0.4, 0.5) is 10.5 Å². The van der Waals surface area contributed by atoms with Crippen molar-refractivity contribution in [1.29, 1.82) is 0 Å². The SMILES string of the molecule is CCOC(=O)CC12CC(=O)N(c3ccccc3)C(=O)N1Cc1ccccc1-n1cccc12. The number of amides is 3. The van der Waals surface area contributed by atoms with Gasteiger partial charge in [-0.3, -0.25) is 9.59 Å². The van der Waals surface area contributed by atoms with Crippen molar-refractivity contribution in [3.05, 3.63) is 84.2 Å². The molecule has 0 radical (unpaired) electrons. The minimum absolute atomic E-state index is 0.0234. The van der Waals surface area contributed by atoms with Gasteiger partial charge in [-0.25, -0.2) is 9.69 Å². The summed E-state index contributed by atoms with van der Waals surface area (Å²) >= 11 is 0. The maximum absolute atomic E-state index is 13.9. The molecule has 32 heavy (non-hydrogen) atoms. The van der Waals surface area contributed by atoms with Crippen LogP contribution >= 0.6 is 0 Å². The topological polar surface area (TPSA) is 71.8 Å². The Morgan fingerprint density at radius 3 is 2.53 bits per heavy atom. The maximum atomic E-state index is 13.9. The highest BCUT2D eigenvalue weighted by molar-refractivity contribution is 6.16. The Morgan fingerprint density at radius 2 is 1.75 bits per heavy atom. The van der Waals surface area contributed by atoms with E-state index in [4.69, 9.17) is 4.74 Å². The third kappa shape index (κ3) is 3.00. The number of esters is 1. The normalized spacial score (nSPS) is 19.7. The molecular formula is C25H23N3O4. The Morgan fingerprint density at radius 1 is 1.00 bits per heavy atom. The fourth-order valence-electron chi connectivity index (χ4n) is 4.83. The molecule has 1 aromatic heterocycles. The van der Waals surface area contributed by atoms with E-state index >= 15 is 0 Å². The van der Waals surface area contributed by atoms with Crippen molar-refractivity contribution in [2.45, 2.75) is 31.8 Å². The summed E-state index contributed by atoms with van der Waals surface area (Å²) in [5, 5.41) is 0. The van der Waals surface area contributed by atoms with Crippen LogP contribution in [0.25, 0.3) is 5.69 Å². The lowest BCUT2D eigenvalue weighted by Gasteiger charge is -2.48. The van der Waals surface area contributed by atoms with Gasteiger partial charge in [0.2, 0.25) is 5.91 Å². The molecule has 162 valence electrons. The molecule has 1 fully saturated rings. The number of hydrogen-bond donors (Lipinski definition) is 0. The van der Waals surface area contributed by atoms with E-state index in [1.165, 1.54) is 4.90 Å². The second-order valence-corrected chi connectivity index (χ2v) is 8.02. The van der Waals surface area contributed by atoms with Gasteiger partial charge in [-0.2, -0.15) is 0 Å². The monoisotopic (exact) mass is 429 g/mol. The Balaban J connectivity index is 1.71. The highest BCUT2D eigenvalue weighted by Crippen LogP contribution is 2.46. The van der Waals surface area contributed by atoms with E-state index in [1.807, 2.05) is 53.2 Å². The first-order valence-corrected chi connectivity index (χ1v) is 10.7. The quantitative estimate of drug-likeness (QED) is 0.588. The number of rotatable bonds is 4. The van der Waals surface area contributed by atoms with Crippen LogP contribution in [0, 0.1) is 0 Å². The number of nitrogens with zero attached hydrogens (tertiary/aromatic N) is 3. The Kier molecular flexibility index (Phi) is 4.81. The molecule has 2 aliphatic heterocycles. The molecule has 1 atom stereocenters. The van der Waals surface area contributed by atoms with Crippen LogP contribution in [0.1, 0.15) is 31.0 Å². The number of benzene rings is 2. The van der Waals surface area contributed by atoms with Crippen molar-refractivity contribution >= 4 is 23.6 Å². The number of carbonyl (C=O) groups excluding carboxylic acids is 3. The van der Waals surface area contributed by atoms with Crippen LogP contribution in [0.2, 0.25) is 0 Å². The molecule has 3 heterocycles. The van der Waals surface area contributed by atoms with Gasteiger partial charge in [0.25, 0.3) is 0 Å². The molecule has 7 heteroatoms. The lowest BCUT2D eigenvalue weighted by atomic mass is 9.83. The fraction of sp³-hybridized carbons (Fsp3) is 0.240. The molecule has 2 aromatic carbocycles. The Bertz CT molecular complexity index is 1200. The van der Waals surface area contributed by atoms with Gasteiger partial charge in [0.15, 0.2) is 0 Å². The molecule has 3 aromatic rings. The summed E-state index contributed by atoms with van der Waals surface area (Å²) in [6.07, 6.45) is 1.78. The molecule has 1 unspecified atom stereocenters. The average molecular weight is 429 g/mol. The predicted octanol–water partition coefficient (Wildman–Crippen LogP) is 4.00. The van der Waals surface area contributed by atoms with Crippen molar-refractivity contribution in [1.82, 2.24) is 9.47 Å². The first kappa shape index (κ1) is 20.1. The van der Waals surface area contributed by atoms with Gasteiger partial charge in [-0.05, 0) is 42.8 Å². The molecule has 5 rings (SSSR count). The zero-order chi connectivity index (χ0) is 22.3. The van der Waals surface area contributed by atoms with E-state index in [1.54, 1.807) is 36.1 Å². The molecule has 0 saturated carbocycles. The van der Waals surface area contributed by atoms with Crippen LogP contribution in [0.15, 0.2) is 72.9 Å². The Hall–Kier alpha value is -3.87. The van der Waals surface area contributed by atoms with Gasteiger partial charge >= 0.3 is 12.0 Å². The number of imide groups is 1. The first-order chi connectivity index (χ1) is 15.5. The van der Waals surface area contributed by atoms with E-state index in [0.717, 1.165) is 16.9 Å². The van der Waals surface area contributed by atoms with E-state index in [-0.39, 0.29) is 31.9 Å². The van der Waals surface area contributed by atoms with Gasteiger partial charge in [0, 0.05) is 11.9 Å². The number of anilines is 1. The van der Waals surface area contributed by atoms with Crippen LogP contribution < -0.4 is 4.90 Å². The molecule has 2 aliphatic rings. The van der Waals surface area contributed by atoms with Gasteiger partial charge < -0.3 is 14.2 Å². The number of carbonyl (C=O) groups is 3. The highest BCUT2D eigenvalue weighted by Gasteiger charge is 2.54. The smallest absolute Gasteiger partial charge is 0.332 e. The fourth-order valence-corrected chi connectivity index (χ4v) is 4.83. The highest BCUT2D eigenvalue weighted by atomic mass is 16.5. The predicted molar refractivity (Wildman–Crippen MR) is 118 cm³/mol. The number of para-hydroxylation sites is 2. The molecule has 0 aliphatic carbocycles. The van der Waals surface area contributed by atoms with Gasteiger partial charge in [-0.15, -0.1) is 0 Å². The van der Waals surface area contributed by atoms with Crippen molar-refractivity contribution in [2.75, 3.05) is 11.5 Å². The summed E-state index contributed by atoms with van der Waals surface area (Å²) in [4.78, 5) is 42.9. The van der Waals surface area contributed by atoms with E-state index in [9.17, 15) is 14.4 Å². The zero-order valence-corrected chi connectivity index (χ0v) is 17.7. The minimum Gasteiger partial charge on any atom is -0.466 e. The number of aromatic nitrogens is 1. The second-order valence-electron chi connectivity index (χ2n) is 8.02. The number of hydrogen-bond acceptors (Lipinski definition) is 4. The lowest BCUT2D eigenvalue weighted by molar-refractivity contribution is -0.147. The van der Waals surface area contributed by atoms with Crippen molar-refractivity contribution in [2.24, 2.45) is 0 Å². The first-order valence-electron chi connectivity index (χ1n) is 10.7. The van der Waals surface area contributed by atoms with Crippen molar-refractivity contribution < 1.29 is 19.1 Å². The average Bonchev–Trinajstić information content (AvgIpc) is 3.24. The molecule has 0 spiro atoms. The van der Waals surface area contributed by atoms with Gasteiger partial charge in [-0.1, -0.05) is 36.4 Å². The molecular weight excluding hydrogens is 406 g/mol. The largest absolute Gasteiger partial charge is 0.466 e. The van der Waals surface area contributed by atoms with Crippen LogP contribution in [-0.2, 0) is 26.4 Å². The molecule has 0 N–H and O–H groups in total. The zero-order valence-electron chi connectivity index (χ0n) is 17.7. The molecule has 0 bridgehead atoms. The van der Waals surface area contributed by atoms with E-state index < -0.39 is 17.5 Å². The standard InChI is InChI=1S/C25H23N3O4/c1-2-32-23(30)16-25-15-22(29)28(19-10-4-3-5-11-19)24(31)27(25)17-18-9-6-7-12-20(18)26-14-8-13-21(25)26/h3-14H,2,15-17H2,1H3. The van der Waals surface area contributed by atoms with Crippen molar-refractivity contribution in [3.63, 3.8) is 0 Å². The third-order valence-corrected chi connectivity index (χ3v) is 6.19. The van der Waals surface area contributed by atoms with Crippen molar-refractivity contribution in [3.8, 4) is 5.69 Å². The summed E-state index contributed by atoms with van der Waals surface area (Å²) in [6.45, 7) is 2.24. The lowest BCUT2D eigenvalue weighted by Crippen LogP contribution is -2.62. The number of ether oxygens (including phenoxy) is 1. The summed E-state index contributed by atoms with van der Waals surface area (Å²) in [5.74, 6) is -0.787. The van der Waals surface area contributed by atoms with Gasteiger partial charge in [0.05, 0.1) is 37.4 Å². The maximum Gasteiger partial charge on any atom is 0.332 e. The summed E-state index contributed by atoms with van der Waals surface area (Å²) < 4.78 is 7.25. The summed E-state index contributed by atoms with van der Waals surface area (Å²) in [5.41, 5.74) is 1.96. The van der Waals surface area contributed by atoms with Crippen LogP contribution in [-0.4, -0.2) is 34.0 Å². The van der Waals surface area contributed by atoms with E-state index in [2.05, 4.69) is 0 Å². The van der Waals surface area contributed by atoms with Crippen LogP contribution in [0.3, 0.4) is 0 Å². The number of urea groups is 1. The molecule has 1 saturated heterocycles. The number of fused-ring (bicyclic) bond motifs is 5. The van der Waals surface area contributed by atoms with Crippen LogP contribution in [0.5, 0.6) is 0 Å². The second kappa shape index (κ2) is 7.67. The molecule has 3 amide bonds.